The number of allylic oxidation sites excluding steroid dienone is 2. The summed E-state index contributed by atoms with van der Waals surface area (Å²) in [4.78, 5) is 4.55. The fourth-order valence-corrected chi connectivity index (χ4v) is 3.15. The van der Waals surface area contributed by atoms with Crippen molar-refractivity contribution in [2.24, 2.45) is 0 Å². The molecule has 0 saturated carbocycles. The summed E-state index contributed by atoms with van der Waals surface area (Å²) in [5.41, 5.74) is 7.85. The van der Waals surface area contributed by atoms with E-state index >= 15 is 0 Å². The molecule has 0 aliphatic heterocycles. The molecule has 0 atom stereocenters. The molecule has 1 aliphatic carbocycles. The smallest absolute Gasteiger partial charge is 0.0163 e. The Morgan fingerprint density at radius 1 is 1.12 bits per heavy atom. The summed E-state index contributed by atoms with van der Waals surface area (Å²) in [6.07, 6.45) is 1.88. The second-order valence-electron chi connectivity index (χ2n) is 7.94. The summed E-state index contributed by atoms with van der Waals surface area (Å²) in [6.45, 7) is 19.5. The molecule has 0 unspecified atom stereocenters. The molecule has 0 bridgehead atoms. The molecule has 1 nitrogen and oxygen atoms in total. The number of nitrogens with zero attached hydrogens (tertiary/aromatic N) is 1. The van der Waals surface area contributed by atoms with Crippen LogP contribution in [0.15, 0.2) is 49.2 Å². The summed E-state index contributed by atoms with van der Waals surface area (Å²) in [6, 6.07) is 11.9. The molecule has 1 aliphatic rings. The molecule has 2 aromatic rings. The van der Waals surface area contributed by atoms with E-state index in [0.29, 0.717) is 0 Å². The van der Waals surface area contributed by atoms with E-state index in [0.717, 1.165) is 22.4 Å². The van der Waals surface area contributed by atoms with Crippen molar-refractivity contribution in [1.29, 1.82) is 0 Å². The van der Waals surface area contributed by atoms with Crippen LogP contribution in [0, 0.1) is 6.07 Å². The monoisotopic (exact) mass is 495 g/mol. The number of benzene rings is 1. The predicted octanol–water partition coefficient (Wildman–Crippen LogP) is 5.70. The average molecular weight is 495 g/mol. The molecular weight excluding hydrogens is 470 g/mol. The molecule has 24 heavy (non-hydrogen) atoms. The maximum Gasteiger partial charge on any atom is 0.0163 e. The van der Waals surface area contributed by atoms with Gasteiger partial charge in [-0.05, 0) is 39.3 Å². The number of hydrogen-bond acceptors (Lipinski definition) is 1. The SMILES string of the molecule is C=C1C(=C)C(C)(C)c2c[c-]c(-c3cc(C(C)(C)C)ccn3)cc21.[Ir]. The topological polar surface area (TPSA) is 12.9 Å². The van der Waals surface area contributed by atoms with E-state index in [1.165, 1.54) is 16.7 Å². The van der Waals surface area contributed by atoms with Crippen LogP contribution in [0.3, 0.4) is 0 Å². The summed E-state index contributed by atoms with van der Waals surface area (Å²) >= 11 is 0. The summed E-state index contributed by atoms with van der Waals surface area (Å²) in [5.74, 6) is 0. The Morgan fingerprint density at radius 2 is 1.79 bits per heavy atom. The number of pyridine rings is 1. The molecular formula is C22H24IrN-. The predicted molar refractivity (Wildman–Crippen MR) is 98.4 cm³/mol. The Kier molecular flexibility index (Phi) is 4.78. The van der Waals surface area contributed by atoms with Crippen molar-refractivity contribution in [1.82, 2.24) is 4.98 Å². The van der Waals surface area contributed by atoms with Crippen LogP contribution in [0.4, 0.5) is 0 Å². The first-order valence-electron chi connectivity index (χ1n) is 8.04. The van der Waals surface area contributed by atoms with Crippen molar-refractivity contribution < 1.29 is 20.1 Å². The minimum atomic E-state index is -0.0673. The van der Waals surface area contributed by atoms with Crippen molar-refractivity contribution in [3.05, 3.63) is 72.0 Å². The fraction of sp³-hybridized carbons (Fsp3) is 0.318. The summed E-state index contributed by atoms with van der Waals surface area (Å²) < 4.78 is 0. The minimum absolute atomic E-state index is 0. The zero-order valence-corrected chi connectivity index (χ0v) is 17.5. The quantitative estimate of drug-likeness (QED) is 0.463. The number of fused-ring (bicyclic) bond motifs is 1. The van der Waals surface area contributed by atoms with Gasteiger partial charge in [-0.3, -0.25) is 0 Å². The van der Waals surface area contributed by atoms with E-state index in [2.05, 4.69) is 83.1 Å². The first kappa shape index (κ1) is 18.8. The Bertz CT molecular complexity index is 822. The van der Waals surface area contributed by atoms with Crippen molar-refractivity contribution in [2.45, 2.75) is 45.4 Å². The molecule has 1 aromatic carbocycles. The summed E-state index contributed by atoms with van der Waals surface area (Å²) in [5, 5.41) is 0. The van der Waals surface area contributed by atoms with Crippen molar-refractivity contribution in [2.75, 3.05) is 0 Å². The van der Waals surface area contributed by atoms with E-state index in [-0.39, 0.29) is 30.9 Å². The molecule has 1 radical (unpaired) electrons. The van der Waals surface area contributed by atoms with Gasteiger partial charge in [-0.1, -0.05) is 59.4 Å². The van der Waals surface area contributed by atoms with E-state index in [4.69, 9.17) is 0 Å². The van der Waals surface area contributed by atoms with E-state index in [1.807, 2.05) is 6.20 Å². The fourth-order valence-electron chi connectivity index (χ4n) is 3.15. The van der Waals surface area contributed by atoms with Gasteiger partial charge in [0.25, 0.3) is 0 Å². The molecule has 0 amide bonds. The van der Waals surface area contributed by atoms with Gasteiger partial charge < -0.3 is 4.98 Å². The van der Waals surface area contributed by atoms with Gasteiger partial charge >= 0.3 is 0 Å². The van der Waals surface area contributed by atoms with Crippen molar-refractivity contribution in [3.63, 3.8) is 0 Å². The summed E-state index contributed by atoms with van der Waals surface area (Å²) in [7, 11) is 0. The molecule has 0 fully saturated rings. The van der Waals surface area contributed by atoms with Gasteiger partial charge in [0.05, 0.1) is 0 Å². The van der Waals surface area contributed by atoms with E-state index in [1.54, 1.807) is 0 Å². The molecule has 0 spiro atoms. The van der Waals surface area contributed by atoms with Crippen molar-refractivity contribution >= 4 is 5.57 Å². The molecule has 1 heterocycles. The zero-order chi connectivity index (χ0) is 17.0. The van der Waals surface area contributed by atoms with Crippen LogP contribution < -0.4 is 0 Å². The van der Waals surface area contributed by atoms with Crippen LogP contribution in [0.1, 0.15) is 51.3 Å². The van der Waals surface area contributed by atoms with Gasteiger partial charge in [0.15, 0.2) is 0 Å². The standard InChI is InChI=1S/C22H24N.Ir/c1-14-15(2)22(6,7)19-9-8-16(12-18(14)19)20-13-17(10-11-23-20)21(3,4)5;/h9-13H,1-2H2,3-7H3;/q-1;. The van der Waals surface area contributed by atoms with Gasteiger partial charge in [0.1, 0.15) is 0 Å². The third kappa shape index (κ3) is 2.94. The first-order chi connectivity index (χ1) is 10.6. The van der Waals surface area contributed by atoms with Crippen LogP contribution in [-0.4, -0.2) is 4.98 Å². The van der Waals surface area contributed by atoms with Gasteiger partial charge in [-0.2, -0.15) is 0 Å². The van der Waals surface area contributed by atoms with Gasteiger partial charge in [0, 0.05) is 26.3 Å². The van der Waals surface area contributed by atoms with Crippen LogP contribution >= 0.6 is 0 Å². The van der Waals surface area contributed by atoms with Crippen LogP contribution in [0.2, 0.25) is 0 Å². The maximum atomic E-state index is 4.55. The van der Waals surface area contributed by atoms with Crippen LogP contribution in [-0.2, 0) is 30.9 Å². The Hall–Kier alpha value is -1.50. The van der Waals surface area contributed by atoms with Gasteiger partial charge in [-0.25, -0.2) is 0 Å². The molecule has 0 N–H and O–H groups in total. The van der Waals surface area contributed by atoms with E-state index < -0.39 is 0 Å². The molecule has 1 aromatic heterocycles. The molecule has 3 rings (SSSR count). The maximum absolute atomic E-state index is 4.55. The second kappa shape index (κ2) is 6.10. The number of rotatable bonds is 1. The van der Waals surface area contributed by atoms with Crippen molar-refractivity contribution in [3.8, 4) is 11.3 Å². The van der Waals surface area contributed by atoms with Gasteiger partial charge in [-0.15, -0.1) is 29.3 Å². The van der Waals surface area contributed by atoms with E-state index in [9.17, 15) is 0 Å². The minimum Gasteiger partial charge on any atom is -0.305 e. The van der Waals surface area contributed by atoms with Crippen LogP contribution in [0.25, 0.3) is 16.8 Å². The number of aromatic nitrogens is 1. The Morgan fingerprint density at radius 3 is 2.42 bits per heavy atom. The molecule has 2 heteroatoms. The second-order valence-corrected chi connectivity index (χ2v) is 7.94. The average Bonchev–Trinajstić information content (AvgIpc) is 2.67. The van der Waals surface area contributed by atoms with Crippen LogP contribution in [0.5, 0.6) is 0 Å². The zero-order valence-electron chi connectivity index (χ0n) is 15.1. The first-order valence-corrected chi connectivity index (χ1v) is 8.04. The van der Waals surface area contributed by atoms with Gasteiger partial charge in [0.2, 0.25) is 0 Å². The molecule has 127 valence electrons. The third-order valence-electron chi connectivity index (χ3n) is 4.97. The number of hydrogen-bond donors (Lipinski definition) is 0. The third-order valence-corrected chi connectivity index (χ3v) is 4.97. The Balaban J connectivity index is 0.00000208. The Labute approximate surface area is 159 Å². The normalized spacial score (nSPS) is 15.9. The largest absolute Gasteiger partial charge is 0.305 e. The molecule has 0 saturated heterocycles.